The molecule has 0 N–H and O–H groups in total. The fourth-order valence-electron chi connectivity index (χ4n) is 1.87. The zero-order chi connectivity index (χ0) is 14.5. The summed E-state index contributed by atoms with van der Waals surface area (Å²) >= 11 is 6.07. The molecule has 0 atom stereocenters. The van der Waals surface area contributed by atoms with Crippen molar-refractivity contribution in [3.8, 4) is 0 Å². The van der Waals surface area contributed by atoms with Crippen LogP contribution >= 0.6 is 11.6 Å². The van der Waals surface area contributed by atoms with Gasteiger partial charge in [0.25, 0.3) is 5.91 Å². The first kappa shape index (κ1) is 14.5. The molecular formula is C15H16ClN3O. The quantitative estimate of drug-likeness (QED) is 0.868. The summed E-state index contributed by atoms with van der Waals surface area (Å²) in [6, 6.07) is 5.48. The van der Waals surface area contributed by atoms with Crippen molar-refractivity contribution in [2.24, 2.45) is 0 Å². The number of nitrogens with zero attached hydrogens (tertiary/aromatic N) is 3. The number of halogens is 1. The van der Waals surface area contributed by atoms with Crippen LogP contribution in [0.15, 0.2) is 43.0 Å². The van der Waals surface area contributed by atoms with E-state index in [0.29, 0.717) is 17.1 Å². The second-order valence-electron chi connectivity index (χ2n) is 4.74. The molecular weight excluding hydrogens is 274 g/mol. The van der Waals surface area contributed by atoms with E-state index < -0.39 is 0 Å². The van der Waals surface area contributed by atoms with Crippen molar-refractivity contribution in [3.63, 3.8) is 0 Å². The molecule has 20 heavy (non-hydrogen) atoms. The van der Waals surface area contributed by atoms with Crippen molar-refractivity contribution in [3.05, 3.63) is 59.1 Å². The van der Waals surface area contributed by atoms with Crippen molar-refractivity contribution in [2.45, 2.75) is 26.4 Å². The Morgan fingerprint density at radius 2 is 2.00 bits per heavy atom. The Hall–Kier alpha value is -1.94. The Bertz CT molecular complexity index is 587. The lowest BCUT2D eigenvalue weighted by atomic mass is 10.1. The number of hydrogen-bond donors (Lipinski definition) is 0. The van der Waals surface area contributed by atoms with E-state index in [1.54, 1.807) is 29.6 Å². The zero-order valence-electron chi connectivity index (χ0n) is 11.5. The smallest absolute Gasteiger partial charge is 0.257 e. The van der Waals surface area contributed by atoms with Gasteiger partial charge in [0.15, 0.2) is 0 Å². The summed E-state index contributed by atoms with van der Waals surface area (Å²) in [6.07, 6.45) is 6.54. The number of aromatic nitrogens is 2. The predicted octanol–water partition coefficient (Wildman–Crippen LogP) is 3.18. The SMILES string of the molecule is CC(C)N(Cc1cccnc1)C(=O)c1cnccc1Cl. The maximum atomic E-state index is 12.6. The minimum atomic E-state index is -0.123. The number of hydrogen-bond acceptors (Lipinski definition) is 3. The molecule has 0 bridgehead atoms. The first-order valence-corrected chi connectivity index (χ1v) is 6.76. The lowest BCUT2D eigenvalue weighted by Gasteiger charge is -2.27. The van der Waals surface area contributed by atoms with E-state index in [9.17, 15) is 4.79 Å². The van der Waals surface area contributed by atoms with Crippen LogP contribution in [0.4, 0.5) is 0 Å². The van der Waals surface area contributed by atoms with Gasteiger partial charge in [-0.1, -0.05) is 17.7 Å². The van der Waals surface area contributed by atoms with E-state index in [1.807, 2.05) is 26.0 Å². The van der Waals surface area contributed by atoms with Crippen LogP contribution in [0.1, 0.15) is 29.8 Å². The van der Waals surface area contributed by atoms with Crippen molar-refractivity contribution in [1.29, 1.82) is 0 Å². The van der Waals surface area contributed by atoms with Gasteiger partial charge in [-0.3, -0.25) is 14.8 Å². The standard InChI is InChI=1S/C15H16ClN3O/c1-11(2)19(10-12-4-3-6-17-8-12)15(20)13-9-18-7-5-14(13)16/h3-9,11H,10H2,1-2H3. The topological polar surface area (TPSA) is 46.1 Å². The molecule has 2 heterocycles. The summed E-state index contributed by atoms with van der Waals surface area (Å²) in [4.78, 5) is 22.4. The number of rotatable bonds is 4. The molecule has 0 saturated carbocycles. The fraction of sp³-hybridized carbons (Fsp3) is 0.267. The molecule has 0 radical (unpaired) electrons. The Balaban J connectivity index is 2.25. The molecule has 0 aliphatic carbocycles. The van der Waals surface area contributed by atoms with Crippen molar-refractivity contribution in [2.75, 3.05) is 0 Å². The predicted molar refractivity (Wildman–Crippen MR) is 78.5 cm³/mol. The van der Waals surface area contributed by atoms with Crippen LogP contribution in [0, 0.1) is 0 Å². The molecule has 0 fully saturated rings. The third-order valence-electron chi connectivity index (χ3n) is 2.96. The van der Waals surface area contributed by atoms with Gasteiger partial charge in [0, 0.05) is 37.4 Å². The third-order valence-corrected chi connectivity index (χ3v) is 3.29. The fourth-order valence-corrected chi connectivity index (χ4v) is 2.05. The average molecular weight is 290 g/mol. The highest BCUT2D eigenvalue weighted by Crippen LogP contribution is 2.18. The summed E-state index contributed by atoms with van der Waals surface area (Å²) in [6.45, 7) is 4.44. The highest BCUT2D eigenvalue weighted by molar-refractivity contribution is 6.33. The van der Waals surface area contributed by atoms with Gasteiger partial charge in [-0.15, -0.1) is 0 Å². The lowest BCUT2D eigenvalue weighted by molar-refractivity contribution is 0.0690. The number of carbonyl (C=O) groups is 1. The summed E-state index contributed by atoms with van der Waals surface area (Å²) in [5.74, 6) is -0.123. The van der Waals surface area contributed by atoms with E-state index >= 15 is 0 Å². The van der Waals surface area contributed by atoms with Gasteiger partial charge in [0.05, 0.1) is 10.6 Å². The summed E-state index contributed by atoms with van der Waals surface area (Å²) < 4.78 is 0. The van der Waals surface area contributed by atoms with Gasteiger partial charge in [-0.25, -0.2) is 0 Å². The molecule has 2 aromatic rings. The highest BCUT2D eigenvalue weighted by Gasteiger charge is 2.21. The normalized spacial score (nSPS) is 10.6. The summed E-state index contributed by atoms with van der Waals surface area (Å²) in [7, 11) is 0. The molecule has 0 aromatic carbocycles. The van der Waals surface area contributed by atoms with Crippen molar-refractivity contribution in [1.82, 2.24) is 14.9 Å². The van der Waals surface area contributed by atoms with Crippen LogP contribution in [0.5, 0.6) is 0 Å². The molecule has 104 valence electrons. The third kappa shape index (κ3) is 3.33. The average Bonchev–Trinajstić information content (AvgIpc) is 2.45. The first-order chi connectivity index (χ1) is 9.59. The first-order valence-electron chi connectivity index (χ1n) is 6.39. The summed E-state index contributed by atoms with van der Waals surface area (Å²) in [5, 5.41) is 0.418. The van der Waals surface area contributed by atoms with Gasteiger partial charge >= 0.3 is 0 Å². The van der Waals surface area contributed by atoms with Crippen LogP contribution < -0.4 is 0 Å². The zero-order valence-corrected chi connectivity index (χ0v) is 12.2. The molecule has 0 aliphatic heterocycles. The Kier molecular flexibility index (Phi) is 4.69. The molecule has 0 spiro atoms. The largest absolute Gasteiger partial charge is 0.332 e. The molecule has 2 rings (SSSR count). The lowest BCUT2D eigenvalue weighted by Crippen LogP contribution is -2.36. The minimum Gasteiger partial charge on any atom is -0.332 e. The van der Waals surface area contributed by atoms with Gasteiger partial charge in [-0.2, -0.15) is 0 Å². The van der Waals surface area contributed by atoms with Crippen molar-refractivity contribution >= 4 is 17.5 Å². The molecule has 2 aromatic heterocycles. The van der Waals surface area contributed by atoms with Gasteiger partial charge in [-0.05, 0) is 31.5 Å². The molecule has 1 amide bonds. The van der Waals surface area contributed by atoms with Crippen LogP contribution in [-0.2, 0) is 6.54 Å². The van der Waals surface area contributed by atoms with E-state index in [2.05, 4.69) is 9.97 Å². The molecule has 4 nitrogen and oxygen atoms in total. The van der Waals surface area contributed by atoms with Crippen LogP contribution in [0.25, 0.3) is 0 Å². The van der Waals surface area contributed by atoms with E-state index in [1.165, 1.54) is 6.20 Å². The van der Waals surface area contributed by atoms with E-state index in [4.69, 9.17) is 11.6 Å². The molecule has 0 unspecified atom stereocenters. The monoisotopic (exact) mass is 289 g/mol. The summed E-state index contributed by atoms with van der Waals surface area (Å²) in [5.41, 5.74) is 1.40. The Morgan fingerprint density at radius 1 is 1.25 bits per heavy atom. The molecule has 5 heteroatoms. The molecule has 0 saturated heterocycles. The van der Waals surface area contributed by atoms with Crippen LogP contribution in [0.2, 0.25) is 5.02 Å². The minimum absolute atomic E-state index is 0.0546. The number of pyridine rings is 2. The maximum absolute atomic E-state index is 12.6. The highest BCUT2D eigenvalue weighted by atomic mass is 35.5. The second kappa shape index (κ2) is 6.48. The van der Waals surface area contributed by atoms with Gasteiger partial charge in [0.1, 0.15) is 0 Å². The second-order valence-corrected chi connectivity index (χ2v) is 5.15. The van der Waals surface area contributed by atoms with Crippen LogP contribution in [-0.4, -0.2) is 26.8 Å². The molecule has 0 aliphatic rings. The Labute approximate surface area is 123 Å². The van der Waals surface area contributed by atoms with Crippen LogP contribution in [0.3, 0.4) is 0 Å². The van der Waals surface area contributed by atoms with E-state index in [0.717, 1.165) is 5.56 Å². The Morgan fingerprint density at radius 3 is 2.60 bits per heavy atom. The van der Waals surface area contributed by atoms with Crippen molar-refractivity contribution < 1.29 is 4.79 Å². The number of amides is 1. The van der Waals surface area contributed by atoms with Gasteiger partial charge < -0.3 is 4.90 Å². The maximum Gasteiger partial charge on any atom is 0.257 e. The number of carbonyl (C=O) groups excluding carboxylic acids is 1. The van der Waals surface area contributed by atoms with E-state index in [-0.39, 0.29) is 11.9 Å². The van der Waals surface area contributed by atoms with Gasteiger partial charge in [0.2, 0.25) is 0 Å².